The van der Waals surface area contributed by atoms with Crippen LogP contribution in [-0.2, 0) is 0 Å². The average Bonchev–Trinajstić information content (AvgIpc) is 2.17. The highest BCUT2D eigenvalue weighted by molar-refractivity contribution is 5.38. The highest BCUT2D eigenvalue weighted by Gasteiger charge is 2.34. The molecule has 1 fully saturated rings. The summed E-state index contributed by atoms with van der Waals surface area (Å²) >= 11 is 0. The van der Waals surface area contributed by atoms with E-state index < -0.39 is 0 Å². The Hall–Kier alpha value is -1.32. The number of nitrogens with two attached hydrogens (primary N) is 1. The highest BCUT2D eigenvalue weighted by Crippen LogP contribution is 2.43. The number of aromatic nitrogens is 2. The van der Waals surface area contributed by atoms with E-state index in [-0.39, 0.29) is 0 Å². The SMILES string of the molecule is CCC1(CNc2cncc(N)n2)CCC1. The van der Waals surface area contributed by atoms with E-state index in [4.69, 9.17) is 5.73 Å². The third-order valence-corrected chi connectivity index (χ3v) is 3.46. The maximum absolute atomic E-state index is 5.56. The van der Waals surface area contributed by atoms with E-state index in [0.717, 1.165) is 12.4 Å². The Labute approximate surface area is 90.3 Å². The molecule has 82 valence electrons. The molecule has 0 aromatic carbocycles. The van der Waals surface area contributed by atoms with Crippen molar-refractivity contribution < 1.29 is 0 Å². The topological polar surface area (TPSA) is 63.8 Å². The molecule has 0 aliphatic heterocycles. The molecule has 4 heteroatoms. The molecule has 0 saturated heterocycles. The zero-order valence-corrected chi connectivity index (χ0v) is 9.16. The summed E-state index contributed by atoms with van der Waals surface area (Å²) in [5.74, 6) is 1.26. The Kier molecular flexibility index (Phi) is 2.75. The van der Waals surface area contributed by atoms with Crippen molar-refractivity contribution in [2.45, 2.75) is 32.6 Å². The van der Waals surface area contributed by atoms with Gasteiger partial charge in [0.25, 0.3) is 0 Å². The summed E-state index contributed by atoms with van der Waals surface area (Å²) in [7, 11) is 0. The van der Waals surface area contributed by atoms with Gasteiger partial charge in [-0.05, 0) is 24.7 Å². The molecule has 4 nitrogen and oxygen atoms in total. The zero-order valence-electron chi connectivity index (χ0n) is 9.16. The number of hydrogen-bond acceptors (Lipinski definition) is 4. The van der Waals surface area contributed by atoms with Crippen molar-refractivity contribution in [3.8, 4) is 0 Å². The van der Waals surface area contributed by atoms with Gasteiger partial charge >= 0.3 is 0 Å². The lowest BCUT2D eigenvalue weighted by Crippen LogP contribution is -2.36. The quantitative estimate of drug-likeness (QED) is 0.791. The number of rotatable bonds is 4. The fraction of sp³-hybridized carbons (Fsp3) is 0.636. The molecule has 1 aromatic rings. The van der Waals surface area contributed by atoms with Gasteiger partial charge in [-0.1, -0.05) is 13.3 Å². The van der Waals surface area contributed by atoms with Crippen molar-refractivity contribution in [1.29, 1.82) is 0 Å². The van der Waals surface area contributed by atoms with Gasteiger partial charge in [0.05, 0.1) is 12.4 Å². The highest BCUT2D eigenvalue weighted by atomic mass is 15.0. The van der Waals surface area contributed by atoms with E-state index in [1.54, 1.807) is 12.4 Å². The van der Waals surface area contributed by atoms with Gasteiger partial charge in [-0.3, -0.25) is 4.98 Å². The molecule has 1 aromatic heterocycles. The van der Waals surface area contributed by atoms with E-state index in [0.29, 0.717) is 11.2 Å². The Morgan fingerprint density at radius 3 is 2.80 bits per heavy atom. The van der Waals surface area contributed by atoms with Crippen LogP contribution in [0.5, 0.6) is 0 Å². The van der Waals surface area contributed by atoms with Crippen molar-refractivity contribution in [2.24, 2.45) is 5.41 Å². The third kappa shape index (κ3) is 2.19. The molecule has 0 amide bonds. The van der Waals surface area contributed by atoms with Crippen molar-refractivity contribution in [1.82, 2.24) is 9.97 Å². The molecule has 0 atom stereocenters. The zero-order chi connectivity index (χ0) is 10.7. The van der Waals surface area contributed by atoms with Gasteiger partial charge in [0, 0.05) is 6.54 Å². The smallest absolute Gasteiger partial charge is 0.146 e. The van der Waals surface area contributed by atoms with Gasteiger partial charge in [0.1, 0.15) is 11.6 Å². The summed E-state index contributed by atoms with van der Waals surface area (Å²) in [5, 5.41) is 3.33. The number of nitrogens with one attached hydrogen (secondary N) is 1. The predicted octanol–water partition coefficient (Wildman–Crippen LogP) is 2.05. The second-order valence-electron chi connectivity index (χ2n) is 4.39. The van der Waals surface area contributed by atoms with Crippen LogP contribution in [0.1, 0.15) is 32.6 Å². The van der Waals surface area contributed by atoms with E-state index in [9.17, 15) is 0 Å². The van der Waals surface area contributed by atoms with Crippen molar-refractivity contribution in [3.63, 3.8) is 0 Å². The summed E-state index contributed by atoms with van der Waals surface area (Å²) < 4.78 is 0. The molecule has 1 aliphatic carbocycles. The lowest BCUT2D eigenvalue weighted by molar-refractivity contribution is 0.145. The van der Waals surface area contributed by atoms with Gasteiger partial charge in [-0.15, -0.1) is 0 Å². The minimum Gasteiger partial charge on any atom is -0.382 e. The monoisotopic (exact) mass is 206 g/mol. The van der Waals surface area contributed by atoms with Crippen LogP contribution in [0, 0.1) is 5.41 Å². The van der Waals surface area contributed by atoms with Gasteiger partial charge < -0.3 is 11.1 Å². The number of nitrogens with zero attached hydrogens (tertiary/aromatic N) is 2. The van der Waals surface area contributed by atoms with Crippen LogP contribution in [0.3, 0.4) is 0 Å². The maximum atomic E-state index is 5.56. The van der Waals surface area contributed by atoms with Crippen molar-refractivity contribution in [3.05, 3.63) is 12.4 Å². The molecule has 3 N–H and O–H groups in total. The van der Waals surface area contributed by atoms with Crippen LogP contribution >= 0.6 is 0 Å². The number of hydrogen-bond donors (Lipinski definition) is 2. The first-order valence-corrected chi connectivity index (χ1v) is 5.55. The third-order valence-electron chi connectivity index (χ3n) is 3.46. The molecule has 2 rings (SSSR count). The fourth-order valence-corrected chi connectivity index (χ4v) is 2.08. The summed E-state index contributed by atoms with van der Waals surface area (Å²) in [5.41, 5.74) is 6.06. The standard InChI is InChI=1S/C11H18N4/c1-2-11(4-3-5-11)8-14-10-7-13-6-9(12)15-10/h6-7H,2-5,8H2,1H3,(H3,12,14,15). The summed E-state index contributed by atoms with van der Waals surface area (Å²) in [6.45, 7) is 3.24. The first-order chi connectivity index (χ1) is 7.24. The molecular weight excluding hydrogens is 188 g/mol. The van der Waals surface area contributed by atoms with Crippen LogP contribution in [-0.4, -0.2) is 16.5 Å². The Morgan fingerprint density at radius 1 is 1.47 bits per heavy atom. The summed E-state index contributed by atoms with van der Waals surface area (Å²) in [6, 6.07) is 0. The molecule has 1 saturated carbocycles. The van der Waals surface area contributed by atoms with Crippen LogP contribution < -0.4 is 11.1 Å². The van der Waals surface area contributed by atoms with E-state index in [1.165, 1.54) is 25.7 Å². The summed E-state index contributed by atoms with van der Waals surface area (Å²) in [6.07, 6.45) is 8.52. The molecule has 1 aliphatic rings. The average molecular weight is 206 g/mol. The molecule has 0 unspecified atom stereocenters. The minimum absolute atomic E-state index is 0.471. The first-order valence-electron chi connectivity index (χ1n) is 5.55. The fourth-order valence-electron chi connectivity index (χ4n) is 2.08. The molecule has 0 radical (unpaired) electrons. The normalized spacial score (nSPS) is 18.2. The van der Waals surface area contributed by atoms with E-state index >= 15 is 0 Å². The lowest BCUT2D eigenvalue weighted by atomic mass is 9.67. The predicted molar refractivity (Wildman–Crippen MR) is 61.5 cm³/mol. The lowest BCUT2D eigenvalue weighted by Gasteiger charge is -2.41. The van der Waals surface area contributed by atoms with Crippen LogP contribution in [0.15, 0.2) is 12.4 Å². The Balaban J connectivity index is 1.92. The van der Waals surface area contributed by atoms with Crippen LogP contribution in [0.2, 0.25) is 0 Å². The van der Waals surface area contributed by atoms with Crippen LogP contribution in [0.4, 0.5) is 11.6 Å². The van der Waals surface area contributed by atoms with E-state index in [1.807, 2.05) is 0 Å². The van der Waals surface area contributed by atoms with Gasteiger partial charge in [-0.2, -0.15) is 0 Å². The summed E-state index contributed by atoms with van der Waals surface area (Å²) in [4.78, 5) is 8.18. The second kappa shape index (κ2) is 4.04. The molecule has 0 spiro atoms. The minimum atomic E-state index is 0.471. The number of anilines is 2. The molecule has 1 heterocycles. The number of nitrogen functional groups attached to an aromatic ring is 1. The largest absolute Gasteiger partial charge is 0.382 e. The van der Waals surface area contributed by atoms with E-state index in [2.05, 4.69) is 22.2 Å². The van der Waals surface area contributed by atoms with Crippen molar-refractivity contribution >= 4 is 11.6 Å². The molecular formula is C11H18N4. The van der Waals surface area contributed by atoms with Gasteiger partial charge in [-0.25, -0.2) is 4.98 Å². The van der Waals surface area contributed by atoms with Crippen molar-refractivity contribution in [2.75, 3.05) is 17.6 Å². The van der Waals surface area contributed by atoms with Crippen LogP contribution in [0.25, 0.3) is 0 Å². The van der Waals surface area contributed by atoms with Gasteiger partial charge in [0.2, 0.25) is 0 Å². The maximum Gasteiger partial charge on any atom is 0.146 e. The molecule has 15 heavy (non-hydrogen) atoms. The first kappa shape index (κ1) is 10.2. The Bertz CT molecular complexity index is 328. The Morgan fingerprint density at radius 2 is 2.27 bits per heavy atom. The van der Waals surface area contributed by atoms with Gasteiger partial charge in [0.15, 0.2) is 0 Å². The molecule has 0 bridgehead atoms. The second-order valence-corrected chi connectivity index (χ2v) is 4.39.